The van der Waals surface area contributed by atoms with Crippen molar-refractivity contribution in [2.24, 2.45) is 0 Å². The van der Waals surface area contributed by atoms with E-state index in [1.54, 1.807) is 0 Å². The Morgan fingerprint density at radius 3 is 2.67 bits per heavy atom. The highest BCUT2D eigenvalue weighted by Crippen LogP contribution is 2.33. The molecule has 1 aromatic carbocycles. The van der Waals surface area contributed by atoms with Crippen LogP contribution in [0.1, 0.15) is 38.7 Å². The lowest BCUT2D eigenvalue weighted by Crippen LogP contribution is -2.38. The summed E-state index contributed by atoms with van der Waals surface area (Å²) in [6.45, 7) is 5.15. The van der Waals surface area contributed by atoms with E-state index in [0.29, 0.717) is 12.1 Å². The van der Waals surface area contributed by atoms with E-state index in [0.717, 1.165) is 11.6 Å². The highest BCUT2D eigenvalue weighted by atomic mass is 35.5. The van der Waals surface area contributed by atoms with Gasteiger partial charge in [0, 0.05) is 41.9 Å². The van der Waals surface area contributed by atoms with Gasteiger partial charge in [0.2, 0.25) is 0 Å². The molecule has 0 atom stereocenters. The number of nitrogens with one attached hydrogen (secondary N) is 1. The molecule has 1 aliphatic rings. The summed E-state index contributed by atoms with van der Waals surface area (Å²) in [5.41, 5.74) is 2.50. The summed E-state index contributed by atoms with van der Waals surface area (Å²) in [5.74, 6) is 0. The summed E-state index contributed by atoms with van der Waals surface area (Å²) in [7, 11) is 2.19. The van der Waals surface area contributed by atoms with Crippen molar-refractivity contribution in [1.29, 1.82) is 0 Å². The van der Waals surface area contributed by atoms with Gasteiger partial charge in [-0.25, -0.2) is 0 Å². The van der Waals surface area contributed by atoms with E-state index in [4.69, 9.17) is 11.6 Å². The third-order valence-corrected chi connectivity index (χ3v) is 4.14. The van der Waals surface area contributed by atoms with Gasteiger partial charge in [-0.2, -0.15) is 0 Å². The first kappa shape index (κ1) is 13.7. The van der Waals surface area contributed by atoms with Gasteiger partial charge in [0.25, 0.3) is 0 Å². The van der Waals surface area contributed by atoms with E-state index in [-0.39, 0.29) is 0 Å². The van der Waals surface area contributed by atoms with Crippen LogP contribution < -0.4 is 10.2 Å². The molecule has 1 N–H and O–H groups in total. The Hall–Kier alpha value is -0.730. The highest BCUT2D eigenvalue weighted by Gasteiger charge is 2.24. The molecule has 1 saturated carbocycles. The van der Waals surface area contributed by atoms with Gasteiger partial charge >= 0.3 is 0 Å². The minimum Gasteiger partial charge on any atom is -0.371 e. The number of nitrogens with zero attached hydrogens (tertiary/aromatic N) is 1. The number of rotatable bonds is 5. The van der Waals surface area contributed by atoms with Crippen LogP contribution in [0.5, 0.6) is 0 Å². The van der Waals surface area contributed by atoms with Gasteiger partial charge in [-0.1, -0.05) is 31.5 Å². The maximum absolute atomic E-state index is 6.36. The first-order valence-corrected chi connectivity index (χ1v) is 7.21. The first-order chi connectivity index (χ1) is 8.59. The molecule has 0 radical (unpaired) electrons. The Bertz CT molecular complexity index is 399. The van der Waals surface area contributed by atoms with E-state index in [9.17, 15) is 0 Å². The van der Waals surface area contributed by atoms with Crippen molar-refractivity contribution in [3.63, 3.8) is 0 Å². The van der Waals surface area contributed by atoms with Gasteiger partial charge in [-0.05, 0) is 31.4 Å². The molecular formula is C15H23ClN2. The second kappa shape index (κ2) is 5.94. The maximum atomic E-state index is 6.36. The standard InChI is InChI=1S/C15H23ClN2/c1-11(2)17-10-13-14(16)8-5-9-15(13)18(3)12-6-4-7-12/h5,8-9,11-12,17H,4,6-7,10H2,1-3H3. The van der Waals surface area contributed by atoms with Crippen molar-refractivity contribution in [3.05, 3.63) is 28.8 Å². The number of hydrogen-bond donors (Lipinski definition) is 1. The van der Waals surface area contributed by atoms with Gasteiger partial charge in [-0.15, -0.1) is 0 Å². The predicted molar refractivity (Wildman–Crippen MR) is 79.5 cm³/mol. The van der Waals surface area contributed by atoms with Crippen molar-refractivity contribution in [3.8, 4) is 0 Å². The zero-order valence-corrected chi connectivity index (χ0v) is 12.3. The predicted octanol–water partition coefficient (Wildman–Crippen LogP) is 3.83. The molecule has 3 heteroatoms. The van der Waals surface area contributed by atoms with Crippen LogP contribution in [-0.4, -0.2) is 19.1 Å². The molecule has 0 bridgehead atoms. The molecule has 18 heavy (non-hydrogen) atoms. The molecule has 0 spiro atoms. The molecule has 0 amide bonds. The van der Waals surface area contributed by atoms with Gasteiger partial charge in [0.15, 0.2) is 0 Å². The van der Waals surface area contributed by atoms with E-state index in [1.165, 1.54) is 30.5 Å². The fourth-order valence-electron chi connectivity index (χ4n) is 2.33. The molecule has 100 valence electrons. The summed E-state index contributed by atoms with van der Waals surface area (Å²) in [6, 6.07) is 7.38. The smallest absolute Gasteiger partial charge is 0.0471 e. The number of halogens is 1. The quantitative estimate of drug-likeness (QED) is 0.871. The molecule has 0 aromatic heterocycles. The van der Waals surface area contributed by atoms with Crippen LogP contribution in [-0.2, 0) is 6.54 Å². The lowest BCUT2D eigenvalue weighted by molar-refractivity contribution is 0.400. The minimum atomic E-state index is 0.475. The third kappa shape index (κ3) is 2.99. The van der Waals surface area contributed by atoms with Crippen LogP contribution in [0, 0.1) is 0 Å². The van der Waals surface area contributed by atoms with Gasteiger partial charge in [0.05, 0.1) is 0 Å². The largest absolute Gasteiger partial charge is 0.371 e. The molecule has 1 fully saturated rings. The first-order valence-electron chi connectivity index (χ1n) is 6.83. The van der Waals surface area contributed by atoms with Crippen molar-refractivity contribution in [2.45, 2.75) is 51.7 Å². The Labute approximate surface area is 115 Å². The normalized spacial score (nSPS) is 15.8. The molecule has 1 aromatic rings. The molecule has 2 rings (SSSR count). The van der Waals surface area contributed by atoms with E-state index in [1.807, 2.05) is 12.1 Å². The van der Waals surface area contributed by atoms with Crippen LogP contribution in [0.3, 0.4) is 0 Å². The lowest BCUT2D eigenvalue weighted by atomic mass is 9.91. The summed E-state index contributed by atoms with van der Waals surface area (Å²) in [4.78, 5) is 2.40. The number of anilines is 1. The minimum absolute atomic E-state index is 0.475. The third-order valence-electron chi connectivity index (χ3n) is 3.78. The van der Waals surface area contributed by atoms with Crippen LogP contribution in [0.4, 0.5) is 5.69 Å². The van der Waals surface area contributed by atoms with Gasteiger partial charge < -0.3 is 10.2 Å². The second-order valence-corrected chi connectivity index (χ2v) is 5.88. The molecule has 0 saturated heterocycles. The molecule has 1 aliphatic carbocycles. The maximum Gasteiger partial charge on any atom is 0.0471 e. The Balaban J connectivity index is 2.19. The zero-order valence-electron chi connectivity index (χ0n) is 11.5. The molecular weight excluding hydrogens is 244 g/mol. The Morgan fingerprint density at radius 1 is 1.39 bits per heavy atom. The Kier molecular flexibility index (Phi) is 4.52. The second-order valence-electron chi connectivity index (χ2n) is 5.47. The summed E-state index contributed by atoms with van der Waals surface area (Å²) in [5, 5.41) is 4.33. The fourth-order valence-corrected chi connectivity index (χ4v) is 2.57. The van der Waals surface area contributed by atoms with Gasteiger partial charge in [0.1, 0.15) is 0 Å². The van der Waals surface area contributed by atoms with Crippen molar-refractivity contribution in [1.82, 2.24) is 5.32 Å². The van der Waals surface area contributed by atoms with Crippen LogP contribution >= 0.6 is 11.6 Å². The molecule has 2 nitrogen and oxygen atoms in total. The average molecular weight is 267 g/mol. The van der Waals surface area contributed by atoms with Gasteiger partial charge in [-0.3, -0.25) is 0 Å². The zero-order chi connectivity index (χ0) is 13.1. The molecule has 0 aliphatic heterocycles. The van der Waals surface area contributed by atoms with E-state index in [2.05, 4.69) is 37.2 Å². The lowest BCUT2D eigenvalue weighted by Gasteiger charge is -2.37. The summed E-state index contributed by atoms with van der Waals surface area (Å²) >= 11 is 6.36. The van der Waals surface area contributed by atoms with E-state index < -0.39 is 0 Å². The monoisotopic (exact) mass is 266 g/mol. The average Bonchev–Trinajstić information content (AvgIpc) is 2.24. The number of benzene rings is 1. The fraction of sp³-hybridized carbons (Fsp3) is 0.600. The van der Waals surface area contributed by atoms with Crippen LogP contribution in [0.15, 0.2) is 18.2 Å². The SMILES string of the molecule is CC(C)NCc1c(Cl)cccc1N(C)C1CCC1. The van der Waals surface area contributed by atoms with Crippen LogP contribution in [0.25, 0.3) is 0 Å². The van der Waals surface area contributed by atoms with E-state index >= 15 is 0 Å². The van der Waals surface area contributed by atoms with Crippen LogP contribution in [0.2, 0.25) is 5.02 Å². The summed E-state index contributed by atoms with van der Waals surface area (Å²) in [6.07, 6.45) is 3.97. The highest BCUT2D eigenvalue weighted by molar-refractivity contribution is 6.31. The van der Waals surface area contributed by atoms with Crippen molar-refractivity contribution in [2.75, 3.05) is 11.9 Å². The van der Waals surface area contributed by atoms with Crippen molar-refractivity contribution >= 4 is 17.3 Å². The Morgan fingerprint density at radius 2 is 2.11 bits per heavy atom. The topological polar surface area (TPSA) is 15.3 Å². The summed E-state index contributed by atoms with van der Waals surface area (Å²) < 4.78 is 0. The number of hydrogen-bond acceptors (Lipinski definition) is 2. The van der Waals surface area contributed by atoms with Crippen molar-refractivity contribution < 1.29 is 0 Å². The molecule has 0 heterocycles. The molecule has 0 unspecified atom stereocenters.